The first-order valence-corrected chi connectivity index (χ1v) is 9.64. The van der Waals surface area contributed by atoms with Gasteiger partial charge in [0.1, 0.15) is 11.6 Å². The standard InChI is InChI=1S/C21H24ClN5O2/c1-13-7-8-15(22)16(11-13)29-14(2)19(28)25-18-12-17(21(3,4)5)26-27(18)20-23-9-6-10-24-20/h6-12,14H,1-5H3,(H,25,28). The van der Waals surface area contributed by atoms with E-state index in [-0.39, 0.29) is 11.3 Å². The number of aryl methyl sites for hydroxylation is 1. The predicted molar refractivity (Wildman–Crippen MR) is 113 cm³/mol. The molecule has 0 radical (unpaired) electrons. The minimum Gasteiger partial charge on any atom is -0.479 e. The van der Waals surface area contributed by atoms with Crippen LogP contribution in [0.5, 0.6) is 5.75 Å². The lowest BCUT2D eigenvalue weighted by Crippen LogP contribution is -2.31. The Morgan fingerprint density at radius 3 is 2.55 bits per heavy atom. The zero-order valence-electron chi connectivity index (χ0n) is 17.1. The Labute approximate surface area is 175 Å². The van der Waals surface area contributed by atoms with E-state index in [1.54, 1.807) is 37.5 Å². The van der Waals surface area contributed by atoms with Gasteiger partial charge in [0.2, 0.25) is 0 Å². The summed E-state index contributed by atoms with van der Waals surface area (Å²) in [5, 5.41) is 7.91. The molecule has 152 valence electrons. The minimum atomic E-state index is -0.771. The summed E-state index contributed by atoms with van der Waals surface area (Å²) in [6.45, 7) is 9.73. The van der Waals surface area contributed by atoms with E-state index in [1.807, 2.05) is 39.8 Å². The molecule has 0 saturated carbocycles. The van der Waals surface area contributed by atoms with Crippen molar-refractivity contribution in [3.63, 3.8) is 0 Å². The molecule has 2 aromatic heterocycles. The number of carbonyl (C=O) groups is 1. The second-order valence-corrected chi connectivity index (χ2v) is 8.22. The van der Waals surface area contributed by atoms with Gasteiger partial charge in [-0.15, -0.1) is 0 Å². The number of carbonyl (C=O) groups excluding carboxylic acids is 1. The first-order chi connectivity index (χ1) is 13.6. The molecule has 0 spiro atoms. The summed E-state index contributed by atoms with van der Waals surface area (Å²) >= 11 is 6.18. The average Bonchev–Trinajstić information content (AvgIpc) is 3.09. The van der Waals surface area contributed by atoms with Gasteiger partial charge in [0.15, 0.2) is 6.10 Å². The molecule has 0 bridgehead atoms. The smallest absolute Gasteiger partial charge is 0.266 e. The number of aromatic nitrogens is 4. The van der Waals surface area contributed by atoms with Gasteiger partial charge < -0.3 is 10.1 Å². The Kier molecular flexibility index (Phi) is 5.88. The molecule has 1 unspecified atom stereocenters. The van der Waals surface area contributed by atoms with E-state index in [2.05, 4.69) is 20.4 Å². The van der Waals surface area contributed by atoms with Crippen molar-refractivity contribution in [3.8, 4) is 11.7 Å². The normalized spacial score (nSPS) is 12.5. The van der Waals surface area contributed by atoms with Gasteiger partial charge in [-0.3, -0.25) is 4.79 Å². The van der Waals surface area contributed by atoms with Crippen molar-refractivity contribution in [1.29, 1.82) is 0 Å². The molecule has 1 aromatic carbocycles. The number of benzene rings is 1. The van der Waals surface area contributed by atoms with Crippen molar-refractivity contribution in [2.24, 2.45) is 0 Å². The van der Waals surface area contributed by atoms with Crippen molar-refractivity contribution in [1.82, 2.24) is 19.7 Å². The third kappa shape index (κ3) is 4.92. The van der Waals surface area contributed by atoms with E-state index >= 15 is 0 Å². The van der Waals surface area contributed by atoms with Crippen LogP contribution in [-0.4, -0.2) is 31.8 Å². The van der Waals surface area contributed by atoms with Crippen LogP contribution in [0.1, 0.15) is 39.0 Å². The van der Waals surface area contributed by atoms with E-state index < -0.39 is 6.10 Å². The van der Waals surface area contributed by atoms with Crippen LogP contribution < -0.4 is 10.1 Å². The van der Waals surface area contributed by atoms with E-state index in [0.29, 0.717) is 22.5 Å². The average molecular weight is 414 g/mol. The molecular weight excluding hydrogens is 390 g/mol. The Balaban J connectivity index is 1.85. The first-order valence-electron chi connectivity index (χ1n) is 9.27. The molecule has 2 heterocycles. The lowest BCUT2D eigenvalue weighted by atomic mass is 9.92. The van der Waals surface area contributed by atoms with Gasteiger partial charge in [0.05, 0.1) is 10.7 Å². The maximum absolute atomic E-state index is 12.8. The lowest BCUT2D eigenvalue weighted by Gasteiger charge is -2.16. The van der Waals surface area contributed by atoms with Crippen LogP contribution >= 0.6 is 11.6 Å². The Hall–Kier alpha value is -2.93. The molecular formula is C21H24ClN5O2. The largest absolute Gasteiger partial charge is 0.479 e. The van der Waals surface area contributed by atoms with E-state index in [1.165, 1.54) is 4.68 Å². The van der Waals surface area contributed by atoms with Gasteiger partial charge in [0, 0.05) is 23.9 Å². The summed E-state index contributed by atoms with van der Waals surface area (Å²) < 4.78 is 7.29. The zero-order chi connectivity index (χ0) is 21.2. The van der Waals surface area contributed by atoms with Crippen LogP contribution in [0.15, 0.2) is 42.7 Å². The fourth-order valence-corrected chi connectivity index (χ4v) is 2.72. The Morgan fingerprint density at radius 1 is 1.21 bits per heavy atom. The van der Waals surface area contributed by atoms with Gasteiger partial charge in [0.25, 0.3) is 11.9 Å². The van der Waals surface area contributed by atoms with Crippen molar-refractivity contribution in [2.45, 2.75) is 46.1 Å². The molecule has 0 aliphatic carbocycles. The van der Waals surface area contributed by atoms with E-state index in [4.69, 9.17) is 16.3 Å². The quantitative estimate of drug-likeness (QED) is 0.673. The molecule has 1 amide bonds. The van der Waals surface area contributed by atoms with Crippen LogP contribution in [0.2, 0.25) is 5.02 Å². The molecule has 8 heteroatoms. The number of hydrogen-bond acceptors (Lipinski definition) is 5. The summed E-state index contributed by atoms with van der Waals surface area (Å²) in [5.74, 6) is 0.968. The molecule has 7 nitrogen and oxygen atoms in total. The molecule has 0 fully saturated rings. The molecule has 0 saturated heterocycles. The summed E-state index contributed by atoms with van der Waals surface area (Å²) in [5.41, 5.74) is 1.58. The highest BCUT2D eigenvalue weighted by Crippen LogP contribution is 2.28. The topological polar surface area (TPSA) is 81.9 Å². The molecule has 3 aromatic rings. The maximum atomic E-state index is 12.8. The van der Waals surface area contributed by atoms with Gasteiger partial charge in [-0.1, -0.05) is 38.4 Å². The maximum Gasteiger partial charge on any atom is 0.266 e. The van der Waals surface area contributed by atoms with Gasteiger partial charge >= 0.3 is 0 Å². The number of nitrogens with zero attached hydrogens (tertiary/aromatic N) is 4. The number of halogens is 1. The first kappa shape index (κ1) is 20.8. The fraction of sp³-hybridized carbons (Fsp3) is 0.333. The highest BCUT2D eigenvalue weighted by atomic mass is 35.5. The van der Waals surface area contributed by atoms with Crippen molar-refractivity contribution >= 4 is 23.3 Å². The van der Waals surface area contributed by atoms with Crippen LogP contribution in [0, 0.1) is 6.92 Å². The summed E-state index contributed by atoms with van der Waals surface area (Å²) in [6, 6.07) is 8.96. The number of hydrogen-bond donors (Lipinski definition) is 1. The SMILES string of the molecule is Cc1ccc(Cl)c(OC(C)C(=O)Nc2cc(C(C)(C)C)nn2-c2ncccn2)c1. The number of nitrogens with one attached hydrogen (secondary N) is 1. The number of anilines is 1. The molecule has 0 aliphatic heterocycles. The monoisotopic (exact) mass is 413 g/mol. The van der Waals surface area contributed by atoms with Gasteiger partial charge in [-0.2, -0.15) is 9.78 Å². The summed E-state index contributed by atoms with van der Waals surface area (Å²) in [4.78, 5) is 21.3. The fourth-order valence-electron chi connectivity index (χ4n) is 2.56. The Bertz CT molecular complexity index is 1010. The molecule has 1 N–H and O–H groups in total. The second-order valence-electron chi connectivity index (χ2n) is 7.81. The number of amides is 1. The minimum absolute atomic E-state index is 0.212. The number of ether oxygens (including phenoxy) is 1. The van der Waals surface area contributed by atoms with Crippen LogP contribution in [0.25, 0.3) is 5.95 Å². The van der Waals surface area contributed by atoms with Gasteiger partial charge in [-0.25, -0.2) is 9.97 Å². The molecule has 1 atom stereocenters. The van der Waals surface area contributed by atoms with Crippen molar-refractivity contribution < 1.29 is 9.53 Å². The second kappa shape index (κ2) is 8.21. The van der Waals surface area contributed by atoms with Gasteiger partial charge in [-0.05, 0) is 37.6 Å². The summed E-state index contributed by atoms with van der Waals surface area (Å²) in [6.07, 6.45) is 2.47. The third-order valence-corrected chi connectivity index (χ3v) is 4.54. The highest BCUT2D eigenvalue weighted by molar-refractivity contribution is 6.32. The lowest BCUT2D eigenvalue weighted by molar-refractivity contribution is -0.122. The Morgan fingerprint density at radius 2 is 1.90 bits per heavy atom. The van der Waals surface area contributed by atoms with Crippen LogP contribution in [-0.2, 0) is 10.2 Å². The van der Waals surface area contributed by atoms with Crippen molar-refractivity contribution in [2.75, 3.05) is 5.32 Å². The molecule has 0 aliphatic rings. The van der Waals surface area contributed by atoms with Crippen LogP contribution in [0.3, 0.4) is 0 Å². The highest BCUT2D eigenvalue weighted by Gasteiger charge is 2.24. The van der Waals surface area contributed by atoms with E-state index in [0.717, 1.165) is 11.3 Å². The molecule has 29 heavy (non-hydrogen) atoms. The van der Waals surface area contributed by atoms with Crippen LogP contribution in [0.4, 0.5) is 5.82 Å². The number of rotatable bonds is 5. The van der Waals surface area contributed by atoms with E-state index in [9.17, 15) is 4.79 Å². The molecule has 3 rings (SSSR count). The third-order valence-electron chi connectivity index (χ3n) is 4.23. The zero-order valence-corrected chi connectivity index (χ0v) is 17.9. The summed E-state index contributed by atoms with van der Waals surface area (Å²) in [7, 11) is 0. The predicted octanol–water partition coefficient (Wildman–Crippen LogP) is 4.33. The van der Waals surface area contributed by atoms with Crippen molar-refractivity contribution in [3.05, 3.63) is 59.0 Å².